The number of H-pyrrole nitrogens is 1. The zero-order valence-electron chi connectivity index (χ0n) is 10.8. The summed E-state index contributed by atoms with van der Waals surface area (Å²) in [6, 6.07) is 6.95. The molecule has 0 saturated carbocycles. The van der Waals surface area contributed by atoms with Crippen LogP contribution < -0.4 is 4.74 Å². The van der Waals surface area contributed by atoms with Crippen LogP contribution in [-0.2, 0) is 0 Å². The van der Waals surface area contributed by atoms with Gasteiger partial charge in [0.25, 0.3) is 0 Å². The number of aromatic amines is 1. The zero-order valence-corrected chi connectivity index (χ0v) is 10.8. The third-order valence-corrected chi connectivity index (χ3v) is 2.68. The molecule has 1 N–H and O–H groups in total. The molecule has 1 amide bonds. The van der Waals surface area contributed by atoms with E-state index in [1.54, 1.807) is 29.2 Å². The molecule has 0 atom stereocenters. The van der Waals surface area contributed by atoms with Crippen molar-refractivity contribution in [3.8, 4) is 17.1 Å². The van der Waals surface area contributed by atoms with Crippen molar-refractivity contribution in [3.05, 3.63) is 24.3 Å². The molecule has 19 heavy (non-hydrogen) atoms. The van der Waals surface area contributed by atoms with E-state index in [1.807, 2.05) is 13.8 Å². The number of hydrogen-bond acceptors (Lipinski definition) is 5. The van der Waals surface area contributed by atoms with Gasteiger partial charge in [0, 0.05) is 18.7 Å². The van der Waals surface area contributed by atoms with Gasteiger partial charge in [-0.25, -0.2) is 4.79 Å². The normalized spacial score (nSPS) is 10.2. The minimum Gasteiger partial charge on any atom is -0.410 e. The van der Waals surface area contributed by atoms with Crippen LogP contribution in [-0.4, -0.2) is 44.7 Å². The minimum absolute atomic E-state index is 0.350. The standard InChI is InChI=1S/C12H15N5O2/c1-3-17(4-2)12(18)19-10-7-5-9(6-8-10)11-13-15-16-14-11/h5-8H,3-4H2,1-2H3,(H,13,14,15,16). The fourth-order valence-electron chi connectivity index (χ4n) is 1.60. The number of carbonyl (C=O) groups excluding carboxylic acids is 1. The van der Waals surface area contributed by atoms with Crippen molar-refractivity contribution in [1.29, 1.82) is 0 Å². The topological polar surface area (TPSA) is 84.0 Å². The van der Waals surface area contributed by atoms with Crippen LogP contribution in [0.3, 0.4) is 0 Å². The summed E-state index contributed by atoms with van der Waals surface area (Å²) in [4.78, 5) is 13.4. The molecule has 7 nitrogen and oxygen atoms in total. The van der Waals surface area contributed by atoms with Gasteiger partial charge in [0.2, 0.25) is 5.82 Å². The van der Waals surface area contributed by atoms with Crippen LogP contribution in [0.1, 0.15) is 13.8 Å². The Kier molecular flexibility index (Phi) is 4.07. The summed E-state index contributed by atoms with van der Waals surface area (Å²) in [6.45, 7) is 5.06. The number of hydrogen-bond donors (Lipinski definition) is 1. The minimum atomic E-state index is -0.350. The molecule has 0 aliphatic rings. The average molecular weight is 261 g/mol. The van der Waals surface area contributed by atoms with Crippen molar-refractivity contribution in [1.82, 2.24) is 25.5 Å². The lowest BCUT2D eigenvalue weighted by atomic mass is 10.2. The Morgan fingerprint density at radius 3 is 2.47 bits per heavy atom. The van der Waals surface area contributed by atoms with Gasteiger partial charge in [-0.2, -0.15) is 5.21 Å². The van der Waals surface area contributed by atoms with Gasteiger partial charge in [0.1, 0.15) is 5.75 Å². The van der Waals surface area contributed by atoms with E-state index in [0.29, 0.717) is 24.7 Å². The quantitative estimate of drug-likeness (QED) is 0.905. The monoisotopic (exact) mass is 261 g/mol. The molecule has 7 heteroatoms. The smallest absolute Gasteiger partial charge is 0.410 e. The molecule has 1 aromatic heterocycles. The van der Waals surface area contributed by atoms with E-state index in [1.165, 1.54) is 0 Å². The first-order chi connectivity index (χ1) is 9.24. The number of nitrogens with zero attached hydrogens (tertiary/aromatic N) is 4. The van der Waals surface area contributed by atoms with Crippen LogP contribution in [0.4, 0.5) is 4.79 Å². The zero-order chi connectivity index (χ0) is 13.7. The van der Waals surface area contributed by atoms with E-state index in [2.05, 4.69) is 20.6 Å². The third kappa shape index (κ3) is 3.06. The van der Waals surface area contributed by atoms with Crippen LogP contribution in [0.2, 0.25) is 0 Å². The number of benzene rings is 1. The molecule has 2 rings (SSSR count). The van der Waals surface area contributed by atoms with E-state index in [4.69, 9.17) is 4.74 Å². The first kappa shape index (κ1) is 13.0. The van der Waals surface area contributed by atoms with Gasteiger partial charge < -0.3 is 9.64 Å². The van der Waals surface area contributed by atoms with Crippen LogP contribution in [0, 0.1) is 0 Å². The van der Waals surface area contributed by atoms with Gasteiger partial charge in [0.15, 0.2) is 0 Å². The summed E-state index contributed by atoms with van der Waals surface area (Å²) in [5.74, 6) is 0.991. The van der Waals surface area contributed by atoms with E-state index in [9.17, 15) is 4.79 Å². The highest BCUT2D eigenvalue weighted by molar-refractivity contribution is 5.71. The van der Waals surface area contributed by atoms with E-state index < -0.39 is 0 Å². The summed E-state index contributed by atoms with van der Waals surface area (Å²) in [7, 11) is 0. The van der Waals surface area contributed by atoms with Gasteiger partial charge in [-0.15, -0.1) is 10.2 Å². The molecule has 0 aliphatic carbocycles. The molecule has 2 aromatic rings. The second-order valence-corrected chi connectivity index (χ2v) is 3.80. The Labute approximate surface area is 110 Å². The summed E-state index contributed by atoms with van der Waals surface area (Å²) in [5.41, 5.74) is 0.802. The Hall–Kier alpha value is -2.44. The molecule has 0 fully saturated rings. The predicted octanol–water partition coefficient (Wildman–Crippen LogP) is 1.71. The van der Waals surface area contributed by atoms with Crippen molar-refractivity contribution in [3.63, 3.8) is 0 Å². The van der Waals surface area contributed by atoms with E-state index >= 15 is 0 Å². The van der Waals surface area contributed by atoms with E-state index in [-0.39, 0.29) is 6.09 Å². The predicted molar refractivity (Wildman–Crippen MR) is 68.6 cm³/mol. The lowest BCUT2D eigenvalue weighted by Crippen LogP contribution is -2.33. The molecule has 0 unspecified atom stereocenters. The van der Waals surface area contributed by atoms with Crippen LogP contribution in [0.5, 0.6) is 5.75 Å². The molecule has 1 heterocycles. The third-order valence-electron chi connectivity index (χ3n) is 2.68. The largest absolute Gasteiger partial charge is 0.415 e. The Morgan fingerprint density at radius 2 is 1.95 bits per heavy atom. The molecule has 0 bridgehead atoms. The van der Waals surface area contributed by atoms with Crippen molar-refractivity contribution in [2.24, 2.45) is 0 Å². The lowest BCUT2D eigenvalue weighted by molar-refractivity contribution is 0.157. The summed E-state index contributed by atoms with van der Waals surface area (Å²) >= 11 is 0. The van der Waals surface area contributed by atoms with Gasteiger partial charge in [-0.05, 0) is 43.3 Å². The fraction of sp³-hybridized carbons (Fsp3) is 0.333. The number of ether oxygens (including phenoxy) is 1. The molecular weight excluding hydrogens is 246 g/mol. The van der Waals surface area contributed by atoms with Crippen LogP contribution in [0.25, 0.3) is 11.4 Å². The number of tetrazole rings is 1. The number of nitrogens with one attached hydrogen (secondary N) is 1. The number of rotatable bonds is 4. The molecule has 0 saturated heterocycles. The Bertz CT molecular complexity index is 520. The van der Waals surface area contributed by atoms with Crippen molar-refractivity contribution < 1.29 is 9.53 Å². The van der Waals surface area contributed by atoms with Gasteiger partial charge in [-0.1, -0.05) is 0 Å². The van der Waals surface area contributed by atoms with Crippen molar-refractivity contribution in [2.45, 2.75) is 13.8 Å². The van der Waals surface area contributed by atoms with Crippen LogP contribution >= 0.6 is 0 Å². The molecular formula is C12H15N5O2. The molecule has 0 spiro atoms. The summed E-state index contributed by atoms with van der Waals surface area (Å²) in [5, 5.41) is 13.6. The number of carbonyl (C=O) groups is 1. The van der Waals surface area contributed by atoms with Crippen LogP contribution in [0.15, 0.2) is 24.3 Å². The first-order valence-electron chi connectivity index (χ1n) is 6.05. The molecule has 0 radical (unpaired) electrons. The second kappa shape index (κ2) is 5.94. The van der Waals surface area contributed by atoms with Crippen molar-refractivity contribution >= 4 is 6.09 Å². The molecule has 1 aromatic carbocycles. The fourth-order valence-corrected chi connectivity index (χ4v) is 1.60. The Morgan fingerprint density at radius 1 is 1.26 bits per heavy atom. The van der Waals surface area contributed by atoms with Gasteiger partial charge >= 0.3 is 6.09 Å². The number of amides is 1. The highest BCUT2D eigenvalue weighted by Crippen LogP contribution is 2.18. The maximum Gasteiger partial charge on any atom is 0.415 e. The number of aromatic nitrogens is 4. The molecule has 0 aliphatic heterocycles. The average Bonchev–Trinajstić information content (AvgIpc) is 2.95. The lowest BCUT2D eigenvalue weighted by Gasteiger charge is -2.17. The maximum atomic E-state index is 11.8. The van der Waals surface area contributed by atoms with Crippen molar-refractivity contribution in [2.75, 3.05) is 13.1 Å². The second-order valence-electron chi connectivity index (χ2n) is 3.80. The van der Waals surface area contributed by atoms with Gasteiger partial charge in [0.05, 0.1) is 0 Å². The maximum absolute atomic E-state index is 11.8. The summed E-state index contributed by atoms with van der Waals surface area (Å²) < 4.78 is 5.25. The van der Waals surface area contributed by atoms with Gasteiger partial charge in [-0.3, -0.25) is 0 Å². The highest BCUT2D eigenvalue weighted by Gasteiger charge is 2.12. The Balaban J connectivity index is 2.05. The highest BCUT2D eigenvalue weighted by atomic mass is 16.6. The van der Waals surface area contributed by atoms with E-state index in [0.717, 1.165) is 5.56 Å². The first-order valence-corrected chi connectivity index (χ1v) is 6.05. The SMILES string of the molecule is CCN(CC)C(=O)Oc1ccc(-c2nn[nH]n2)cc1. The summed E-state index contributed by atoms with van der Waals surface area (Å²) in [6.07, 6.45) is -0.350. The molecule has 100 valence electrons.